The van der Waals surface area contributed by atoms with E-state index < -0.39 is 48.1 Å². The van der Waals surface area contributed by atoms with Gasteiger partial charge in [-0.05, 0) is 37.8 Å². The summed E-state index contributed by atoms with van der Waals surface area (Å²) in [5.41, 5.74) is 3.05. The van der Waals surface area contributed by atoms with Gasteiger partial charge in [-0.25, -0.2) is 9.97 Å². The minimum Gasteiger partial charge on any atom is -0.379 e. The predicted molar refractivity (Wildman–Crippen MR) is 167 cm³/mol. The van der Waals surface area contributed by atoms with Crippen molar-refractivity contribution in [2.45, 2.75) is 77.4 Å². The number of aliphatic hydroxyl groups is 1. The summed E-state index contributed by atoms with van der Waals surface area (Å²) < 4.78 is 0. The smallest absolute Gasteiger partial charge is 0.243 e. The summed E-state index contributed by atoms with van der Waals surface area (Å²) in [6.07, 6.45) is 7.40. The van der Waals surface area contributed by atoms with E-state index in [4.69, 9.17) is 0 Å². The summed E-state index contributed by atoms with van der Waals surface area (Å²) in [6.45, 7) is 6.45. The first-order valence-corrected chi connectivity index (χ1v) is 14.9. The molecule has 3 heterocycles. The zero-order chi connectivity index (χ0) is 32.5. The molecule has 4 rings (SSSR count). The molecule has 45 heavy (non-hydrogen) atoms. The van der Waals surface area contributed by atoms with Crippen molar-refractivity contribution >= 4 is 34.4 Å². The van der Waals surface area contributed by atoms with Crippen LogP contribution < -0.4 is 21.3 Å². The monoisotopic (exact) mass is 619 g/mol. The largest absolute Gasteiger partial charge is 0.379 e. The minimum absolute atomic E-state index is 0.0673. The average Bonchev–Trinajstić information content (AvgIpc) is 3.77. The lowest BCUT2D eigenvalue weighted by molar-refractivity contribution is -0.134. The topological polar surface area (TPSA) is 210 Å². The molecular formula is C31H41N9O5. The third-order valence-electron chi connectivity index (χ3n) is 7.50. The number of para-hydroxylation sites is 1. The number of hydrogen-bond acceptors (Lipinski definition) is 8. The van der Waals surface area contributed by atoms with Gasteiger partial charge in [-0.15, -0.1) is 0 Å². The van der Waals surface area contributed by atoms with Crippen molar-refractivity contribution in [3.63, 3.8) is 0 Å². The van der Waals surface area contributed by atoms with E-state index >= 15 is 0 Å². The number of amides is 3. The number of ketones is 1. The number of imidazole rings is 2. The van der Waals surface area contributed by atoms with Gasteiger partial charge in [0.1, 0.15) is 18.3 Å². The van der Waals surface area contributed by atoms with Crippen LogP contribution in [0.4, 0.5) is 0 Å². The summed E-state index contributed by atoms with van der Waals surface area (Å²) >= 11 is 0. The molecule has 8 N–H and O–H groups in total. The third kappa shape index (κ3) is 9.09. The van der Waals surface area contributed by atoms with Crippen LogP contribution in [0, 0.1) is 5.92 Å². The van der Waals surface area contributed by atoms with E-state index in [0.29, 0.717) is 11.4 Å². The van der Waals surface area contributed by atoms with Gasteiger partial charge >= 0.3 is 0 Å². The molecule has 0 aliphatic carbocycles. The van der Waals surface area contributed by atoms with Crippen molar-refractivity contribution in [3.05, 3.63) is 72.5 Å². The molecule has 14 heteroatoms. The lowest BCUT2D eigenvalue weighted by atomic mass is 9.99. The Hall–Kier alpha value is -4.82. The zero-order valence-corrected chi connectivity index (χ0v) is 25.8. The molecular weight excluding hydrogens is 578 g/mol. The van der Waals surface area contributed by atoms with Gasteiger partial charge in [0, 0.05) is 53.7 Å². The number of carbonyl (C=O) groups excluding carboxylic acids is 4. The Morgan fingerprint density at radius 3 is 1.96 bits per heavy atom. The molecule has 240 valence electrons. The molecule has 3 amide bonds. The Bertz CT molecular complexity index is 1560. The molecule has 0 saturated carbocycles. The fourth-order valence-corrected chi connectivity index (χ4v) is 5.10. The molecule has 0 spiro atoms. The van der Waals surface area contributed by atoms with Crippen LogP contribution in [0.3, 0.4) is 0 Å². The number of H-pyrrole nitrogens is 3. The highest BCUT2D eigenvalue weighted by molar-refractivity contribution is 5.95. The second-order valence-corrected chi connectivity index (χ2v) is 11.5. The molecule has 0 bridgehead atoms. The molecule has 4 aromatic rings. The van der Waals surface area contributed by atoms with E-state index in [0.717, 1.165) is 16.5 Å². The Balaban J connectivity index is 1.50. The van der Waals surface area contributed by atoms with Gasteiger partial charge < -0.3 is 36.0 Å². The average molecular weight is 620 g/mol. The molecule has 1 aromatic carbocycles. The predicted octanol–water partition coefficient (Wildman–Crippen LogP) is 0.638. The maximum absolute atomic E-state index is 13.7. The number of nitrogens with zero attached hydrogens (tertiary/aromatic N) is 2. The molecule has 5 atom stereocenters. The van der Waals surface area contributed by atoms with Crippen LogP contribution in [-0.2, 0) is 38.4 Å². The third-order valence-corrected chi connectivity index (χ3v) is 7.50. The number of carbonyl (C=O) groups is 4. The van der Waals surface area contributed by atoms with Crippen LogP contribution >= 0.6 is 0 Å². The van der Waals surface area contributed by atoms with Crippen molar-refractivity contribution in [2.24, 2.45) is 5.92 Å². The van der Waals surface area contributed by atoms with Crippen LogP contribution in [0.1, 0.15) is 44.6 Å². The van der Waals surface area contributed by atoms with Gasteiger partial charge in [0.25, 0.3) is 0 Å². The number of aliphatic hydroxyl groups excluding tert-OH is 1. The molecule has 0 aliphatic rings. The highest BCUT2D eigenvalue weighted by Gasteiger charge is 2.33. The van der Waals surface area contributed by atoms with Crippen molar-refractivity contribution < 1.29 is 24.3 Å². The molecule has 3 aromatic heterocycles. The van der Waals surface area contributed by atoms with Crippen molar-refractivity contribution in [2.75, 3.05) is 0 Å². The maximum Gasteiger partial charge on any atom is 0.243 e. The molecule has 1 unspecified atom stereocenters. The number of hydrogen-bond donors (Lipinski definition) is 8. The lowest BCUT2D eigenvalue weighted by Gasteiger charge is -2.28. The van der Waals surface area contributed by atoms with Crippen LogP contribution in [0.5, 0.6) is 0 Å². The molecule has 0 fully saturated rings. The highest BCUT2D eigenvalue weighted by Crippen LogP contribution is 2.19. The van der Waals surface area contributed by atoms with E-state index in [1.54, 1.807) is 20.0 Å². The molecule has 0 saturated heterocycles. The van der Waals surface area contributed by atoms with Crippen LogP contribution in [-0.4, -0.2) is 83.9 Å². The fraction of sp³-hybridized carbons (Fsp3) is 0.419. The first-order valence-electron chi connectivity index (χ1n) is 14.9. The zero-order valence-electron chi connectivity index (χ0n) is 25.8. The summed E-state index contributed by atoms with van der Waals surface area (Å²) in [5.74, 6) is -2.24. The fourth-order valence-electron chi connectivity index (χ4n) is 5.10. The SMILES string of the molecule is CC(=O)[C@H](Cc1cnc[nH]1)NC(=O)[C@H](Cc1cnc[nH]1)NC(=O)[C@@H](NC(=O)[C@H](Cc1c[nH]c2ccccc12)NC(C)O)C(C)C. The summed E-state index contributed by atoms with van der Waals surface area (Å²) in [6, 6.07) is 3.88. The first kappa shape index (κ1) is 33.1. The van der Waals surface area contributed by atoms with Crippen molar-refractivity contribution in [3.8, 4) is 0 Å². The highest BCUT2D eigenvalue weighted by atomic mass is 16.3. The first-order chi connectivity index (χ1) is 21.5. The number of aromatic nitrogens is 5. The number of nitrogens with one attached hydrogen (secondary N) is 7. The van der Waals surface area contributed by atoms with E-state index in [1.807, 2.05) is 30.5 Å². The van der Waals surface area contributed by atoms with Gasteiger partial charge in [0.2, 0.25) is 17.7 Å². The summed E-state index contributed by atoms with van der Waals surface area (Å²) in [4.78, 5) is 70.2. The second-order valence-electron chi connectivity index (χ2n) is 11.5. The van der Waals surface area contributed by atoms with Gasteiger partial charge in [0.05, 0.1) is 24.7 Å². The standard InChI is InChI=1S/C31H41N9O5/c1-17(2)28(40-30(44)26(37-19(4)42)9-20-12-34-24-8-6-5-7-23(20)24)31(45)39-27(11-22-14-33-16-36-22)29(43)38-25(18(3)41)10-21-13-32-15-35-21/h5-8,12-17,19,25-28,34,37,42H,9-11H2,1-4H3,(H,32,35)(H,33,36)(H,38,43)(H,39,45)(H,40,44)/t19?,25-,26-,27-,28-/m0/s1. The maximum atomic E-state index is 13.7. The van der Waals surface area contributed by atoms with Gasteiger partial charge in [-0.2, -0.15) is 0 Å². The lowest BCUT2D eigenvalue weighted by Crippen LogP contribution is -2.59. The van der Waals surface area contributed by atoms with E-state index in [-0.39, 0.29) is 31.0 Å². The Kier molecular flexibility index (Phi) is 11.2. The van der Waals surface area contributed by atoms with Crippen LogP contribution in [0.15, 0.2) is 55.5 Å². The van der Waals surface area contributed by atoms with Crippen molar-refractivity contribution in [1.82, 2.24) is 46.2 Å². The van der Waals surface area contributed by atoms with Crippen LogP contribution in [0.2, 0.25) is 0 Å². The second kappa shape index (κ2) is 15.3. The molecule has 0 aliphatic heterocycles. The molecule has 14 nitrogen and oxygen atoms in total. The number of benzene rings is 1. The Labute approximate surface area is 260 Å². The number of fused-ring (bicyclic) bond motifs is 1. The van der Waals surface area contributed by atoms with E-state index in [1.165, 1.54) is 32.7 Å². The van der Waals surface area contributed by atoms with E-state index in [2.05, 4.69) is 46.2 Å². The summed E-state index contributed by atoms with van der Waals surface area (Å²) in [5, 5.41) is 22.3. The summed E-state index contributed by atoms with van der Waals surface area (Å²) in [7, 11) is 0. The quantitative estimate of drug-likeness (QED) is 0.0832. The van der Waals surface area contributed by atoms with Crippen LogP contribution in [0.25, 0.3) is 10.9 Å². The van der Waals surface area contributed by atoms with Crippen molar-refractivity contribution in [1.29, 1.82) is 0 Å². The van der Waals surface area contributed by atoms with E-state index in [9.17, 15) is 24.3 Å². The number of aromatic amines is 3. The Morgan fingerprint density at radius 1 is 0.778 bits per heavy atom. The van der Waals surface area contributed by atoms with Gasteiger partial charge in [-0.1, -0.05) is 32.0 Å². The molecule has 0 radical (unpaired) electrons. The van der Waals surface area contributed by atoms with Gasteiger partial charge in [0.15, 0.2) is 5.78 Å². The number of Topliss-reactive ketones (excluding diaryl/α,β-unsaturated/α-hetero) is 1. The Morgan fingerprint density at radius 2 is 1.38 bits per heavy atom. The number of rotatable bonds is 16. The van der Waals surface area contributed by atoms with Gasteiger partial charge in [-0.3, -0.25) is 24.5 Å². The normalized spacial score (nSPS) is 14.8. The minimum atomic E-state index is -1.09.